The number of anilines is 2. The van der Waals surface area contributed by atoms with Gasteiger partial charge in [0.2, 0.25) is 12.3 Å². The molecule has 3 aromatic carbocycles. The molecule has 0 atom stereocenters. The van der Waals surface area contributed by atoms with Crippen molar-refractivity contribution in [3.63, 3.8) is 0 Å². The van der Waals surface area contributed by atoms with E-state index in [2.05, 4.69) is 15.5 Å². The molecule has 0 aliphatic carbocycles. The Bertz CT molecular complexity index is 1330. The third-order valence-corrected chi connectivity index (χ3v) is 6.51. The summed E-state index contributed by atoms with van der Waals surface area (Å²) in [5.74, 6) is 0.434. The lowest BCUT2D eigenvalue weighted by Gasteiger charge is -2.19. The van der Waals surface area contributed by atoms with Gasteiger partial charge in [-0.15, -0.1) is 10.2 Å². The van der Waals surface area contributed by atoms with E-state index in [-0.39, 0.29) is 11.5 Å². The van der Waals surface area contributed by atoms with Gasteiger partial charge in [0.15, 0.2) is 6.61 Å². The molecular formula is C23H20N4O5S. The van der Waals surface area contributed by atoms with E-state index in [1.807, 2.05) is 6.07 Å². The summed E-state index contributed by atoms with van der Waals surface area (Å²) >= 11 is 0. The summed E-state index contributed by atoms with van der Waals surface area (Å²) in [7, 11) is -2.32. The third-order valence-electron chi connectivity index (χ3n) is 4.73. The van der Waals surface area contributed by atoms with Gasteiger partial charge >= 0.3 is 0 Å². The van der Waals surface area contributed by atoms with Crippen LogP contribution in [0.15, 0.2) is 94.6 Å². The molecule has 0 radical (unpaired) electrons. The van der Waals surface area contributed by atoms with Crippen molar-refractivity contribution in [1.82, 2.24) is 10.2 Å². The maximum atomic E-state index is 13.0. The number of hydrogen-bond donors (Lipinski definition) is 1. The number of nitrogens with one attached hydrogen (secondary N) is 1. The van der Waals surface area contributed by atoms with Gasteiger partial charge in [0, 0.05) is 18.3 Å². The van der Waals surface area contributed by atoms with Gasteiger partial charge in [0.25, 0.3) is 15.9 Å². The highest BCUT2D eigenvalue weighted by Crippen LogP contribution is 2.24. The van der Waals surface area contributed by atoms with Crippen molar-refractivity contribution in [3.8, 4) is 17.2 Å². The van der Waals surface area contributed by atoms with Gasteiger partial charge in [-0.2, -0.15) is 0 Å². The average Bonchev–Trinajstić information content (AvgIpc) is 3.38. The van der Waals surface area contributed by atoms with Crippen LogP contribution >= 0.6 is 0 Å². The number of para-hydroxylation sites is 1. The maximum Gasteiger partial charge on any atom is 0.264 e. The number of sulfonamides is 1. The highest BCUT2D eigenvalue weighted by molar-refractivity contribution is 7.92. The van der Waals surface area contributed by atoms with Gasteiger partial charge < -0.3 is 14.5 Å². The number of benzene rings is 3. The number of aromatic nitrogens is 2. The van der Waals surface area contributed by atoms with Gasteiger partial charge in [0.05, 0.1) is 10.6 Å². The molecule has 1 amide bonds. The number of carbonyl (C=O) groups excluding carboxylic acids is 1. The van der Waals surface area contributed by atoms with Crippen molar-refractivity contribution in [1.29, 1.82) is 0 Å². The van der Waals surface area contributed by atoms with E-state index in [0.717, 1.165) is 5.56 Å². The molecule has 0 spiro atoms. The van der Waals surface area contributed by atoms with E-state index in [4.69, 9.17) is 9.15 Å². The zero-order valence-corrected chi connectivity index (χ0v) is 18.4. The van der Waals surface area contributed by atoms with Crippen LogP contribution in [0.1, 0.15) is 0 Å². The number of hydrogen-bond acceptors (Lipinski definition) is 7. The Hall–Kier alpha value is -4.18. The normalized spacial score (nSPS) is 11.1. The highest BCUT2D eigenvalue weighted by Gasteiger charge is 2.21. The zero-order chi connectivity index (χ0) is 23.3. The van der Waals surface area contributed by atoms with E-state index in [1.54, 1.807) is 60.7 Å². The van der Waals surface area contributed by atoms with Crippen LogP contribution in [0.4, 0.5) is 11.4 Å². The Morgan fingerprint density at radius 3 is 2.48 bits per heavy atom. The van der Waals surface area contributed by atoms with Crippen molar-refractivity contribution >= 4 is 27.3 Å². The topological polar surface area (TPSA) is 115 Å². The van der Waals surface area contributed by atoms with Gasteiger partial charge in [-0.1, -0.05) is 24.3 Å². The fourth-order valence-corrected chi connectivity index (χ4v) is 4.25. The molecular weight excluding hydrogens is 444 g/mol. The first-order valence-corrected chi connectivity index (χ1v) is 11.3. The summed E-state index contributed by atoms with van der Waals surface area (Å²) < 4.78 is 37.7. The average molecular weight is 465 g/mol. The lowest BCUT2D eigenvalue weighted by Crippen LogP contribution is -2.26. The van der Waals surface area contributed by atoms with Crippen molar-refractivity contribution in [2.24, 2.45) is 0 Å². The molecule has 0 saturated carbocycles. The van der Waals surface area contributed by atoms with Crippen molar-refractivity contribution in [2.75, 3.05) is 23.3 Å². The van der Waals surface area contributed by atoms with Gasteiger partial charge in [-0.05, 0) is 54.6 Å². The molecule has 0 aliphatic rings. The molecule has 1 N–H and O–H groups in total. The van der Waals surface area contributed by atoms with E-state index < -0.39 is 15.9 Å². The SMILES string of the molecule is CN(c1ccccc1)S(=O)(=O)c1cccc(NC(=O)COc2ccc(-c3nnco3)cc2)c1. The number of ether oxygens (including phenoxy) is 1. The van der Waals surface area contributed by atoms with E-state index in [9.17, 15) is 13.2 Å². The monoisotopic (exact) mass is 464 g/mol. The molecule has 9 nitrogen and oxygen atoms in total. The van der Waals surface area contributed by atoms with Crippen molar-refractivity contribution < 1.29 is 22.4 Å². The van der Waals surface area contributed by atoms with E-state index in [0.29, 0.717) is 23.0 Å². The van der Waals surface area contributed by atoms with Crippen LogP contribution in [0.3, 0.4) is 0 Å². The van der Waals surface area contributed by atoms with Crippen LogP contribution in [0.2, 0.25) is 0 Å². The number of rotatable bonds is 8. The van der Waals surface area contributed by atoms with Crippen LogP contribution in [-0.4, -0.2) is 38.2 Å². The molecule has 33 heavy (non-hydrogen) atoms. The zero-order valence-electron chi connectivity index (χ0n) is 17.6. The van der Waals surface area contributed by atoms with Crippen LogP contribution in [-0.2, 0) is 14.8 Å². The van der Waals surface area contributed by atoms with Gasteiger partial charge in [0.1, 0.15) is 5.75 Å². The highest BCUT2D eigenvalue weighted by atomic mass is 32.2. The Kier molecular flexibility index (Phi) is 6.36. The summed E-state index contributed by atoms with van der Waals surface area (Å²) in [6.45, 7) is -0.249. The molecule has 1 aromatic heterocycles. The quantitative estimate of drug-likeness (QED) is 0.424. The van der Waals surface area contributed by atoms with Gasteiger partial charge in [-0.25, -0.2) is 8.42 Å². The minimum absolute atomic E-state index is 0.0594. The van der Waals surface area contributed by atoms with Gasteiger partial charge in [-0.3, -0.25) is 9.10 Å². The van der Waals surface area contributed by atoms with Crippen LogP contribution in [0, 0.1) is 0 Å². The molecule has 0 unspecified atom stereocenters. The minimum atomic E-state index is -3.79. The number of carbonyl (C=O) groups is 1. The smallest absolute Gasteiger partial charge is 0.264 e. The number of nitrogens with zero attached hydrogens (tertiary/aromatic N) is 3. The first-order chi connectivity index (χ1) is 15.9. The first-order valence-electron chi connectivity index (χ1n) is 9.87. The summed E-state index contributed by atoms with van der Waals surface area (Å²) in [6.07, 6.45) is 1.24. The number of amides is 1. The van der Waals surface area contributed by atoms with Crippen molar-refractivity contribution in [3.05, 3.63) is 85.3 Å². The Labute approximate surface area is 190 Å². The Morgan fingerprint density at radius 2 is 1.79 bits per heavy atom. The predicted molar refractivity (Wildman–Crippen MR) is 122 cm³/mol. The summed E-state index contributed by atoms with van der Waals surface area (Å²) in [5.41, 5.74) is 1.60. The molecule has 1 heterocycles. The second kappa shape index (κ2) is 9.53. The van der Waals surface area contributed by atoms with Crippen molar-refractivity contribution in [2.45, 2.75) is 4.90 Å². The first kappa shape index (κ1) is 22.0. The summed E-state index contributed by atoms with van der Waals surface area (Å²) in [4.78, 5) is 12.4. The Morgan fingerprint density at radius 1 is 1.03 bits per heavy atom. The molecule has 0 fully saturated rings. The van der Waals surface area contributed by atoms with Crippen LogP contribution in [0.5, 0.6) is 5.75 Å². The third kappa shape index (κ3) is 5.18. The molecule has 0 saturated heterocycles. The van der Waals surface area contributed by atoms with E-state index >= 15 is 0 Å². The lowest BCUT2D eigenvalue weighted by atomic mass is 10.2. The van der Waals surface area contributed by atoms with Crippen LogP contribution in [0.25, 0.3) is 11.5 Å². The molecule has 4 aromatic rings. The standard InChI is InChI=1S/C23H20N4O5S/c1-27(19-7-3-2-4-8-19)33(29,30)21-9-5-6-18(14-21)25-22(28)15-31-20-12-10-17(11-13-20)23-26-24-16-32-23/h2-14,16H,15H2,1H3,(H,25,28). The second-order valence-electron chi connectivity index (χ2n) is 6.94. The Balaban J connectivity index is 1.38. The second-order valence-corrected chi connectivity index (χ2v) is 8.91. The summed E-state index contributed by atoms with van der Waals surface area (Å²) in [6, 6.07) is 21.6. The maximum absolute atomic E-state index is 13.0. The van der Waals surface area contributed by atoms with Crippen LogP contribution < -0.4 is 14.4 Å². The molecule has 0 bridgehead atoms. The molecule has 4 rings (SSSR count). The summed E-state index contributed by atoms with van der Waals surface area (Å²) in [5, 5.41) is 10.1. The minimum Gasteiger partial charge on any atom is -0.484 e. The fourth-order valence-electron chi connectivity index (χ4n) is 3.01. The lowest BCUT2D eigenvalue weighted by molar-refractivity contribution is -0.118. The largest absolute Gasteiger partial charge is 0.484 e. The predicted octanol–water partition coefficient (Wildman–Crippen LogP) is 3.58. The molecule has 0 aliphatic heterocycles. The fraction of sp³-hybridized carbons (Fsp3) is 0.0870. The van der Waals surface area contributed by atoms with E-state index in [1.165, 1.54) is 29.9 Å². The molecule has 168 valence electrons. The molecule has 10 heteroatoms.